The van der Waals surface area contributed by atoms with E-state index in [1.165, 1.54) is 11.1 Å². The van der Waals surface area contributed by atoms with Crippen molar-refractivity contribution in [2.75, 3.05) is 13.2 Å². The van der Waals surface area contributed by atoms with E-state index in [9.17, 15) is 5.11 Å². The molecule has 0 amide bonds. The summed E-state index contributed by atoms with van der Waals surface area (Å²) in [6.45, 7) is 3.50. The van der Waals surface area contributed by atoms with Crippen molar-refractivity contribution < 1.29 is 9.63 Å². The molecule has 1 heterocycles. The Balaban J connectivity index is 1.71. The van der Waals surface area contributed by atoms with E-state index in [0.717, 1.165) is 37.9 Å². The highest BCUT2D eigenvalue weighted by Gasteiger charge is 2.28. The minimum atomic E-state index is 0.134. The van der Waals surface area contributed by atoms with E-state index in [4.69, 9.17) is 4.52 Å². The number of aliphatic hydroxyl groups excluding tert-OH is 1. The summed E-state index contributed by atoms with van der Waals surface area (Å²) in [5.74, 6) is 1.44. The number of hydrogen-bond donors (Lipinski definition) is 1. The molecule has 2 aromatic rings. The number of aromatic nitrogens is 2. The molecule has 1 aliphatic rings. The van der Waals surface area contributed by atoms with Gasteiger partial charge in [0.2, 0.25) is 5.89 Å². The predicted octanol–water partition coefficient (Wildman–Crippen LogP) is 2.89. The Labute approximate surface area is 137 Å². The summed E-state index contributed by atoms with van der Waals surface area (Å²) in [6.07, 6.45) is 5.24. The van der Waals surface area contributed by atoms with Crippen LogP contribution in [0.25, 0.3) is 0 Å². The van der Waals surface area contributed by atoms with Crippen molar-refractivity contribution in [3.63, 3.8) is 0 Å². The largest absolute Gasteiger partial charge is 0.395 e. The van der Waals surface area contributed by atoms with Crippen LogP contribution in [0.2, 0.25) is 0 Å². The number of rotatable bonds is 8. The molecule has 3 rings (SSSR count). The highest BCUT2D eigenvalue weighted by atomic mass is 16.5. The number of unbranched alkanes of at least 4 members (excludes halogenated alkanes) is 1. The molecule has 0 radical (unpaired) electrons. The van der Waals surface area contributed by atoms with E-state index in [2.05, 4.69) is 46.2 Å². The summed E-state index contributed by atoms with van der Waals surface area (Å²) in [6, 6.07) is 8.89. The monoisotopic (exact) mass is 315 g/mol. The smallest absolute Gasteiger partial charge is 0.240 e. The summed E-state index contributed by atoms with van der Waals surface area (Å²) < 4.78 is 5.40. The van der Waals surface area contributed by atoms with Crippen LogP contribution >= 0.6 is 0 Å². The number of aliphatic hydroxyl groups is 1. The number of benzene rings is 1. The molecular formula is C18H25N3O2. The van der Waals surface area contributed by atoms with Crippen LogP contribution in [0.1, 0.15) is 55.1 Å². The van der Waals surface area contributed by atoms with Gasteiger partial charge in [0, 0.05) is 19.0 Å². The second-order valence-corrected chi connectivity index (χ2v) is 6.16. The van der Waals surface area contributed by atoms with Crippen LogP contribution in [0.5, 0.6) is 0 Å². The topological polar surface area (TPSA) is 62.4 Å². The highest BCUT2D eigenvalue weighted by molar-refractivity contribution is 5.34. The maximum absolute atomic E-state index is 9.44. The van der Waals surface area contributed by atoms with Crippen molar-refractivity contribution in [1.82, 2.24) is 15.0 Å². The average Bonchev–Trinajstić information content (AvgIpc) is 3.19. The van der Waals surface area contributed by atoms with Crippen molar-refractivity contribution in [3.05, 3.63) is 47.1 Å². The van der Waals surface area contributed by atoms with Crippen LogP contribution in [0.15, 0.2) is 28.8 Å². The minimum absolute atomic E-state index is 0.134. The third-order valence-corrected chi connectivity index (χ3v) is 4.53. The Kier molecular flexibility index (Phi) is 5.41. The molecular weight excluding hydrogens is 290 g/mol. The molecule has 124 valence electrons. The first-order chi connectivity index (χ1) is 11.3. The molecule has 0 unspecified atom stereocenters. The van der Waals surface area contributed by atoms with Gasteiger partial charge >= 0.3 is 0 Å². The maximum atomic E-state index is 9.44. The van der Waals surface area contributed by atoms with Gasteiger partial charge in [0.05, 0.1) is 13.2 Å². The van der Waals surface area contributed by atoms with Gasteiger partial charge in [-0.3, -0.25) is 4.90 Å². The van der Waals surface area contributed by atoms with E-state index in [1.807, 2.05) is 0 Å². The lowest BCUT2D eigenvalue weighted by Crippen LogP contribution is -2.30. The number of fused-ring (bicyclic) bond motifs is 1. The standard InChI is InChI=1S/C18H25N3O2/c1-2-3-8-17-19-18(23-20-17)13-21(11-12-22)16-10-9-14-6-4-5-7-15(14)16/h4-7,16,22H,2-3,8-13H2,1H3/t16-/m0/s1. The Morgan fingerprint density at radius 1 is 1.35 bits per heavy atom. The van der Waals surface area contributed by atoms with Crippen LogP contribution < -0.4 is 0 Å². The van der Waals surface area contributed by atoms with Gasteiger partial charge in [0.15, 0.2) is 5.82 Å². The fraction of sp³-hybridized carbons (Fsp3) is 0.556. The van der Waals surface area contributed by atoms with E-state index in [0.29, 0.717) is 25.0 Å². The highest BCUT2D eigenvalue weighted by Crippen LogP contribution is 2.36. The number of aryl methyl sites for hydroxylation is 2. The van der Waals surface area contributed by atoms with Crippen molar-refractivity contribution >= 4 is 0 Å². The minimum Gasteiger partial charge on any atom is -0.395 e. The zero-order chi connectivity index (χ0) is 16.1. The predicted molar refractivity (Wildman–Crippen MR) is 87.9 cm³/mol. The lowest BCUT2D eigenvalue weighted by molar-refractivity contribution is 0.128. The summed E-state index contributed by atoms with van der Waals surface area (Å²) in [5.41, 5.74) is 2.78. The van der Waals surface area contributed by atoms with E-state index >= 15 is 0 Å². The lowest BCUT2D eigenvalue weighted by atomic mass is 10.1. The Hall–Kier alpha value is -1.72. The van der Waals surface area contributed by atoms with Crippen molar-refractivity contribution in [2.45, 2.75) is 51.6 Å². The van der Waals surface area contributed by atoms with Crippen LogP contribution in [0, 0.1) is 0 Å². The van der Waals surface area contributed by atoms with Gasteiger partial charge < -0.3 is 9.63 Å². The van der Waals surface area contributed by atoms with Gasteiger partial charge in [-0.25, -0.2) is 0 Å². The third kappa shape index (κ3) is 3.79. The molecule has 1 atom stereocenters. The van der Waals surface area contributed by atoms with Gasteiger partial charge in [0.25, 0.3) is 0 Å². The molecule has 5 nitrogen and oxygen atoms in total. The second kappa shape index (κ2) is 7.70. The van der Waals surface area contributed by atoms with Gasteiger partial charge in [-0.05, 0) is 30.4 Å². The molecule has 0 saturated heterocycles. The van der Waals surface area contributed by atoms with E-state index in [1.54, 1.807) is 0 Å². The fourth-order valence-electron chi connectivity index (χ4n) is 3.35. The quantitative estimate of drug-likeness (QED) is 0.811. The van der Waals surface area contributed by atoms with Crippen molar-refractivity contribution in [1.29, 1.82) is 0 Å². The first kappa shape index (κ1) is 16.1. The molecule has 1 aromatic heterocycles. The molecule has 0 bridgehead atoms. The first-order valence-electron chi connectivity index (χ1n) is 8.56. The maximum Gasteiger partial charge on any atom is 0.240 e. The third-order valence-electron chi connectivity index (χ3n) is 4.53. The van der Waals surface area contributed by atoms with Crippen LogP contribution in [0.4, 0.5) is 0 Å². The molecule has 5 heteroatoms. The molecule has 0 fully saturated rings. The van der Waals surface area contributed by atoms with Gasteiger partial charge in [-0.2, -0.15) is 4.98 Å². The molecule has 1 N–H and O–H groups in total. The van der Waals surface area contributed by atoms with Gasteiger partial charge in [0.1, 0.15) is 0 Å². The fourth-order valence-corrected chi connectivity index (χ4v) is 3.35. The van der Waals surface area contributed by atoms with Crippen molar-refractivity contribution in [2.24, 2.45) is 0 Å². The van der Waals surface area contributed by atoms with Crippen LogP contribution in [-0.4, -0.2) is 33.3 Å². The summed E-state index contributed by atoms with van der Waals surface area (Å²) in [5, 5.41) is 13.5. The Morgan fingerprint density at radius 3 is 3.04 bits per heavy atom. The summed E-state index contributed by atoms with van der Waals surface area (Å²) in [4.78, 5) is 6.75. The van der Waals surface area contributed by atoms with Crippen LogP contribution in [0.3, 0.4) is 0 Å². The zero-order valence-electron chi connectivity index (χ0n) is 13.7. The molecule has 0 saturated carbocycles. The molecule has 1 aliphatic carbocycles. The van der Waals surface area contributed by atoms with E-state index < -0.39 is 0 Å². The van der Waals surface area contributed by atoms with Crippen molar-refractivity contribution in [3.8, 4) is 0 Å². The molecule has 23 heavy (non-hydrogen) atoms. The Morgan fingerprint density at radius 2 is 2.22 bits per heavy atom. The van der Waals surface area contributed by atoms with Gasteiger partial charge in [-0.15, -0.1) is 0 Å². The van der Waals surface area contributed by atoms with Gasteiger partial charge in [-0.1, -0.05) is 42.8 Å². The zero-order valence-corrected chi connectivity index (χ0v) is 13.7. The summed E-state index contributed by atoms with van der Waals surface area (Å²) >= 11 is 0. The average molecular weight is 315 g/mol. The molecule has 0 aliphatic heterocycles. The summed E-state index contributed by atoms with van der Waals surface area (Å²) in [7, 11) is 0. The first-order valence-corrected chi connectivity index (χ1v) is 8.56. The number of nitrogens with zero attached hydrogens (tertiary/aromatic N) is 3. The Bertz CT molecular complexity index is 626. The number of hydrogen-bond acceptors (Lipinski definition) is 5. The normalized spacial score (nSPS) is 16.9. The van der Waals surface area contributed by atoms with E-state index in [-0.39, 0.29) is 6.61 Å². The SMILES string of the molecule is CCCCc1noc(CN(CCO)[C@H]2CCc3ccccc32)n1. The second-order valence-electron chi connectivity index (χ2n) is 6.16. The lowest BCUT2D eigenvalue weighted by Gasteiger charge is -2.27. The molecule has 1 aromatic carbocycles. The molecule has 0 spiro atoms. The van der Waals surface area contributed by atoms with Crippen LogP contribution in [-0.2, 0) is 19.4 Å².